The molecule has 0 unspecified atom stereocenters. The van der Waals surface area contributed by atoms with Gasteiger partial charge in [0, 0.05) is 32.8 Å². The molecule has 6 heteroatoms. The highest BCUT2D eigenvalue weighted by atomic mass is 32.2. The maximum absolute atomic E-state index is 12.5. The molecule has 24 heavy (non-hydrogen) atoms. The van der Waals surface area contributed by atoms with Crippen molar-refractivity contribution in [2.24, 2.45) is 0 Å². The van der Waals surface area contributed by atoms with E-state index in [1.165, 1.54) is 9.87 Å². The highest BCUT2D eigenvalue weighted by molar-refractivity contribution is 7.86. The van der Waals surface area contributed by atoms with Crippen molar-refractivity contribution in [3.63, 3.8) is 0 Å². The van der Waals surface area contributed by atoms with Crippen LogP contribution in [0.2, 0.25) is 0 Å². The molecule has 0 bridgehead atoms. The lowest BCUT2D eigenvalue weighted by Gasteiger charge is -2.26. The van der Waals surface area contributed by atoms with Crippen LogP contribution in [0.4, 0.5) is 0 Å². The molecule has 0 radical (unpaired) electrons. The van der Waals surface area contributed by atoms with Gasteiger partial charge in [-0.2, -0.15) is 17.0 Å². The quantitative estimate of drug-likeness (QED) is 0.837. The van der Waals surface area contributed by atoms with E-state index in [0.717, 1.165) is 30.7 Å². The standard InChI is InChI=1S/C18H23N3O2S/c1-20(2)24(22,23)21-13-7-12-18(21)17-11-6-10-16(19-17)14-15-8-4-3-5-9-15/h3-6,8-11,18H,7,12-14H2,1-2H3/t18-/m0/s1. The number of pyridine rings is 1. The molecule has 1 aromatic carbocycles. The molecule has 128 valence electrons. The Labute approximate surface area is 144 Å². The van der Waals surface area contributed by atoms with E-state index in [2.05, 4.69) is 12.1 Å². The zero-order chi connectivity index (χ0) is 17.2. The van der Waals surface area contributed by atoms with Gasteiger partial charge in [0.15, 0.2) is 0 Å². The summed E-state index contributed by atoms with van der Waals surface area (Å²) in [5.74, 6) is 0. The van der Waals surface area contributed by atoms with E-state index in [0.29, 0.717) is 6.54 Å². The summed E-state index contributed by atoms with van der Waals surface area (Å²) >= 11 is 0. The van der Waals surface area contributed by atoms with Crippen LogP contribution in [0.15, 0.2) is 48.5 Å². The summed E-state index contributed by atoms with van der Waals surface area (Å²) in [6.07, 6.45) is 2.43. The molecule has 0 aliphatic carbocycles. The Morgan fingerprint density at radius 3 is 2.58 bits per heavy atom. The van der Waals surface area contributed by atoms with E-state index in [1.54, 1.807) is 18.4 Å². The summed E-state index contributed by atoms with van der Waals surface area (Å²) in [7, 11) is -0.272. The second-order valence-corrected chi connectivity index (χ2v) is 8.37. The van der Waals surface area contributed by atoms with Gasteiger partial charge in [0.1, 0.15) is 0 Å². The first-order valence-corrected chi connectivity index (χ1v) is 9.57. The molecule has 2 aromatic rings. The van der Waals surface area contributed by atoms with Crippen LogP contribution >= 0.6 is 0 Å². The minimum atomic E-state index is -3.42. The molecule has 2 heterocycles. The minimum Gasteiger partial charge on any atom is -0.256 e. The SMILES string of the molecule is CN(C)S(=O)(=O)N1CCC[C@H]1c1cccc(Cc2ccccc2)n1. The summed E-state index contributed by atoms with van der Waals surface area (Å²) in [5, 5.41) is 0. The van der Waals surface area contributed by atoms with E-state index >= 15 is 0 Å². The first-order valence-electron chi connectivity index (χ1n) is 8.17. The topological polar surface area (TPSA) is 53.5 Å². The molecule has 1 aliphatic rings. The summed E-state index contributed by atoms with van der Waals surface area (Å²) in [6, 6.07) is 15.9. The van der Waals surface area contributed by atoms with E-state index in [4.69, 9.17) is 4.98 Å². The maximum Gasteiger partial charge on any atom is 0.282 e. The van der Waals surface area contributed by atoms with Gasteiger partial charge in [0.2, 0.25) is 0 Å². The lowest BCUT2D eigenvalue weighted by molar-refractivity contribution is 0.357. The second kappa shape index (κ2) is 7.01. The first-order chi connectivity index (χ1) is 11.5. The van der Waals surface area contributed by atoms with Crippen molar-refractivity contribution in [1.82, 2.24) is 13.6 Å². The zero-order valence-electron chi connectivity index (χ0n) is 14.1. The van der Waals surface area contributed by atoms with Crippen molar-refractivity contribution in [3.05, 3.63) is 65.5 Å². The van der Waals surface area contributed by atoms with Gasteiger partial charge >= 0.3 is 0 Å². The largest absolute Gasteiger partial charge is 0.282 e. The van der Waals surface area contributed by atoms with Crippen molar-refractivity contribution in [2.45, 2.75) is 25.3 Å². The average molecular weight is 345 g/mol. The van der Waals surface area contributed by atoms with Gasteiger partial charge in [-0.05, 0) is 30.5 Å². The molecule has 1 aliphatic heterocycles. The predicted octanol–water partition coefficient (Wildman–Crippen LogP) is 2.62. The molecule has 5 nitrogen and oxygen atoms in total. The van der Waals surface area contributed by atoms with E-state index in [1.807, 2.05) is 36.4 Å². The van der Waals surface area contributed by atoms with Gasteiger partial charge in [-0.25, -0.2) is 0 Å². The van der Waals surface area contributed by atoms with E-state index in [9.17, 15) is 8.42 Å². The van der Waals surface area contributed by atoms with Crippen LogP contribution < -0.4 is 0 Å². The van der Waals surface area contributed by atoms with Gasteiger partial charge in [-0.1, -0.05) is 36.4 Å². The van der Waals surface area contributed by atoms with Crippen LogP contribution in [0, 0.1) is 0 Å². The predicted molar refractivity (Wildman–Crippen MR) is 94.8 cm³/mol. The van der Waals surface area contributed by atoms with Gasteiger partial charge in [-0.15, -0.1) is 0 Å². The Kier molecular flexibility index (Phi) is 4.99. The Balaban J connectivity index is 1.85. The van der Waals surface area contributed by atoms with Crippen LogP contribution in [0.1, 0.15) is 35.8 Å². The molecule has 1 atom stereocenters. The molecular formula is C18H23N3O2S. The Morgan fingerprint density at radius 1 is 1.12 bits per heavy atom. The number of aromatic nitrogens is 1. The fraction of sp³-hybridized carbons (Fsp3) is 0.389. The van der Waals surface area contributed by atoms with Gasteiger partial charge in [0.05, 0.1) is 11.7 Å². The molecule has 1 fully saturated rings. The molecule has 0 amide bonds. The summed E-state index contributed by atoms with van der Waals surface area (Å²) in [6.45, 7) is 0.551. The molecule has 0 saturated carbocycles. The molecule has 1 aromatic heterocycles. The van der Waals surface area contributed by atoms with Crippen molar-refractivity contribution in [3.8, 4) is 0 Å². The van der Waals surface area contributed by atoms with Gasteiger partial charge in [0.25, 0.3) is 10.2 Å². The Morgan fingerprint density at radius 2 is 1.88 bits per heavy atom. The van der Waals surface area contributed by atoms with E-state index in [-0.39, 0.29) is 6.04 Å². The van der Waals surface area contributed by atoms with Crippen LogP contribution in [-0.4, -0.2) is 42.7 Å². The highest BCUT2D eigenvalue weighted by Crippen LogP contribution is 2.34. The fourth-order valence-corrected chi connectivity index (χ4v) is 4.42. The van der Waals surface area contributed by atoms with Gasteiger partial charge < -0.3 is 0 Å². The number of rotatable bonds is 5. The number of hydrogen-bond donors (Lipinski definition) is 0. The lowest BCUT2D eigenvalue weighted by Crippen LogP contribution is -2.39. The molecule has 0 spiro atoms. The normalized spacial score (nSPS) is 19.0. The van der Waals surface area contributed by atoms with Gasteiger partial charge in [-0.3, -0.25) is 4.98 Å². The van der Waals surface area contributed by atoms with Crippen LogP contribution in [0.3, 0.4) is 0 Å². The fourth-order valence-electron chi connectivity index (χ4n) is 3.11. The average Bonchev–Trinajstić information content (AvgIpc) is 3.06. The third-order valence-corrected chi connectivity index (χ3v) is 6.31. The molecule has 3 rings (SSSR count). The van der Waals surface area contributed by atoms with Crippen molar-refractivity contribution < 1.29 is 8.42 Å². The molecule has 1 saturated heterocycles. The van der Waals surface area contributed by atoms with E-state index < -0.39 is 10.2 Å². The monoisotopic (exact) mass is 345 g/mol. The van der Waals surface area contributed by atoms with Crippen LogP contribution in [0.25, 0.3) is 0 Å². The number of hydrogen-bond acceptors (Lipinski definition) is 3. The summed E-state index contributed by atoms with van der Waals surface area (Å²) in [4.78, 5) is 4.75. The van der Waals surface area contributed by atoms with Crippen LogP contribution in [-0.2, 0) is 16.6 Å². The van der Waals surface area contributed by atoms with Crippen molar-refractivity contribution >= 4 is 10.2 Å². The third kappa shape index (κ3) is 3.50. The maximum atomic E-state index is 12.5. The summed E-state index contributed by atoms with van der Waals surface area (Å²) < 4.78 is 27.9. The minimum absolute atomic E-state index is 0.173. The highest BCUT2D eigenvalue weighted by Gasteiger charge is 2.37. The third-order valence-electron chi connectivity index (χ3n) is 4.36. The molecular weight excluding hydrogens is 322 g/mol. The summed E-state index contributed by atoms with van der Waals surface area (Å²) in [5.41, 5.74) is 3.01. The Bertz CT molecular complexity index is 791. The second-order valence-electron chi connectivity index (χ2n) is 6.28. The number of nitrogens with zero attached hydrogens (tertiary/aromatic N) is 3. The lowest BCUT2D eigenvalue weighted by atomic mass is 10.1. The zero-order valence-corrected chi connectivity index (χ0v) is 14.9. The van der Waals surface area contributed by atoms with Crippen molar-refractivity contribution in [1.29, 1.82) is 0 Å². The smallest absolute Gasteiger partial charge is 0.256 e. The molecule has 0 N–H and O–H groups in total. The van der Waals surface area contributed by atoms with Crippen LogP contribution in [0.5, 0.6) is 0 Å². The van der Waals surface area contributed by atoms with Crippen molar-refractivity contribution in [2.75, 3.05) is 20.6 Å². The Hall–Kier alpha value is -1.76. The first kappa shape index (κ1) is 17.1. The number of benzene rings is 1.